The van der Waals surface area contributed by atoms with Crippen LogP contribution in [0.25, 0.3) is 0 Å². The van der Waals surface area contributed by atoms with Gasteiger partial charge in [0.2, 0.25) is 15.9 Å². The molecule has 1 aromatic rings. The Labute approximate surface area is 136 Å². The van der Waals surface area contributed by atoms with E-state index in [2.05, 4.69) is 5.32 Å². The van der Waals surface area contributed by atoms with E-state index in [0.29, 0.717) is 19.5 Å². The van der Waals surface area contributed by atoms with Crippen LogP contribution in [-0.4, -0.2) is 37.8 Å². The first-order chi connectivity index (χ1) is 11.0. The Bertz CT molecular complexity index is 631. The van der Waals surface area contributed by atoms with E-state index >= 15 is 0 Å². The summed E-state index contributed by atoms with van der Waals surface area (Å²) in [6.45, 7) is 2.89. The summed E-state index contributed by atoms with van der Waals surface area (Å²) in [4.78, 5) is 12.4. The number of carbonyl (C=O) groups excluding carboxylic acids is 1. The van der Waals surface area contributed by atoms with Crippen molar-refractivity contribution in [2.45, 2.75) is 50.0 Å². The van der Waals surface area contributed by atoms with Gasteiger partial charge in [-0.3, -0.25) is 4.79 Å². The lowest BCUT2D eigenvalue weighted by molar-refractivity contribution is -0.125. The molecule has 1 aliphatic rings. The molecular weight excluding hydrogens is 319 g/mol. The highest BCUT2D eigenvalue weighted by Gasteiger charge is 2.37. The second-order valence-electron chi connectivity index (χ2n) is 5.73. The Balaban J connectivity index is 2.19. The average molecular weight is 342 g/mol. The molecule has 0 bridgehead atoms. The normalized spacial score (nSPS) is 19.5. The number of benzene rings is 1. The largest absolute Gasteiger partial charge is 0.355 e. The third-order valence-electron chi connectivity index (χ3n) is 4.01. The van der Waals surface area contributed by atoms with Crippen LogP contribution < -0.4 is 5.32 Å². The number of rotatable bonds is 6. The van der Waals surface area contributed by atoms with Crippen LogP contribution >= 0.6 is 0 Å². The second kappa shape index (κ2) is 7.88. The molecule has 0 radical (unpaired) electrons. The molecule has 128 valence electrons. The number of sulfonamides is 1. The predicted octanol–water partition coefficient (Wildman–Crippen LogP) is 2.29. The highest BCUT2D eigenvalue weighted by atomic mass is 32.2. The number of nitrogens with zero attached hydrogens (tertiary/aromatic N) is 1. The van der Waals surface area contributed by atoms with Gasteiger partial charge >= 0.3 is 0 Å². The number of halogens is 1. The highest BCUT2D eigenvalue weighted by molar-refractivity contribution is 7.89. The summed E-state index contributed by atoms with van der Waals surface area (Å²) in [5.74, 6) is -0.736. The number of nitrogens with one attached hydrogen (secondary N) is 1. The number of hydrogen-bond acceptors (Lipinski definition) is 3. The van der Waals surface area contributed by atoms with E-state index in [4.69, 9.17) is 0 Å². The third kappa shape index (κ3) is 4.29. The van der Waals surface area contributed by atoms with Crippen LogP contribution in [0.15, 0.2) is 29.2 Å². The third-order valence-corrected chi connectivity index (χ3v) is 5.93. The summed E-state index contributed by atoms with van der Waals surface area (Å²) >= 11 is 0. The Morgan fingerprint density at radius 1 is 1.30 bits per heavy atom. The van der Waals surface area contributed by atoms with Crippen molar-refractivity contribution >= 4 is 15.9 Å². The molecule has 1 saturated heterocycles. The molecule has 0 spiro atoms. The summed E-state index contributed by atoms with van der Waals surface area (Å²) in [6, 6.07) is 4.03. The zero-order valence-electron chi connectivity index (χ0n) is 13.3. The lowest BCUT2D eigenvalue weighted by atomic mass is 10.0. The van der Waals surface area contributed by atoms with Crippen molar-refractivity contribution in [2.75, 3.05) is 13.1 Å². The molecule has 1 heterocycles. The number of carbonyl (C=O) groups is 1. The molecule has 1 aromatic carbocycles. The van der Waals surface area contributed by atoms with Crippen molar-refractivity contribution in [1.29, 1.82) is 0 Å². The quantitative estimate of drug-likeness (QED) is 0.807. The smallest absolute Gasteiger partial charge is 0.243 e. The van der Waals surface area contributed by atoms with E-state index in [1.165, 1.54) is 16.4 Å². The van der Waals surface area contributed by atoms with Crippen molar-refractivity contribution < 1.29 is 17.6 Å². The number of amides is 1. The van der Waals surface area contributed by atoms with Gasteiger partial charge in [0.15, 0.2) is 0 Å². The topological polar surface area (TPSA) is 66.5 Å². The fourth-order valence-electron chi connectivity index (χ4n) is 2.70. The SMILES string of the molecule is CCCCNC(=O)[C@H]1CCCCN1S(=O)(=O)c1ccc(F)cc1. The first-order valence-electron chi connectivity index (χ1n) is 8.02. The van der Waals surface area contributed by atoms with Gasteiger partial charge in [-0.25, -0.2) is 12.8 Å². The Morgan fingerprint density at radius 2 is 2.00 bits per heavy atom. The summed E-state index contributed by atoms with van der Waals surface area (Å²) in [5.41, 5.74) is 0. The zero-order chi connectivity index (χ0) is 16.9. The fraction of sp³-hybridized carbons (Fsp3) is 0.562. The van der Waals surface area contributed by atoms with Crippen LogP contribution in [-0.2, 0) is 14.8 Å². The van der Waals surface area contributed by atoms with Gasteiger partial charge in [0.05, 0.1) is 4.90 Å². The molecule has 2 rings (SSSR count). The van der Waals surface area contributed by atoms with Crippen molar-refractivity contribution in [3.05, 3.63) is 30.1 Å². The lowest BCUT2D eigenvalue weighted by Crippen LogP contribution is -2.51. The van der Waals surface area contributed by atoms with Gasteiger partial charge in [-0.05, 0) is 43.5 Å². The van der Waals surface area contributed by atoms with Crippen LogP contribution in [0.2, 0.25) is 0 Å². The molecule has 1 atom stereocenters. The Kier molecular flexibility index (Phi) is 6.12. The minimum atomic E-state index is -3.80. The summed E-state index contributed by atoms with van der Waals surface area (Å²) in [7, 11) is -3.80. The molecule has 23 heavy (non-hydrogen) atoms. The summed E-state index contributed by atoms with van der Waals surface area (Å²) < 4.78 is 39.8. The van der Waals surface area contributed by atoms with Crippen molar-refractivity contribution in [3.63, 3.8) is 0 Å². The van der Waals surface area contributed by atoms with Crippen LogP contribution in [0.5, 0.6) is 0 Å². The molecule has 0 aliphatic carbocycles. The first kappa shape index (κ1) is 17.9. The standard InChI is InChI=1S/C16H23FN2O3S/c1-2-3-11-18-16(20)15-6-4-5-12-19(15)23(21,22)14-9-7-13(17)8-10-14/h7-10,15H,2-6,11-12H2,1H3,(H,18,20)/t15-/m1/s1. The molecule has 0 saturated carbocycles. The van der Waals surface area contributed by atoms with E-state index in [9.17, 15) is 17.6 Å². The predicted molar refractivity (Wildman–Crippen MR) is 85.8 cm³/mol. The lowest BCUT2D eigenvalue weighted by Gasteiger charge is -2.33. The number of piperidine rings is 1. The summed E-state index contributed by atoms with van der Waals surface area (Å²) in [5, 5.41) is 2.81. The van der Waals surface area contributed by atoms with Crippen molar-refractivity contribution in [1.82, 2.24) is 9.62 Å². The Hall–Kier alpha value is -1.47. The van der Waals surface area contributed by atoms with Gasteiger partial charge in [-0.15, -0.1) is 0 Å². The van der Waals surface area contributed by atoms with Gasteiger partial charge < -0.3 is 5.32 Å². The molecular formula is C16H23FN2O3S. The van der Waals surface area contributed by atoms with Crippen LogP contribution in [0.3, 0.4) is 0 Å². The van der Waals surface area contributed by atoms with E-state index in [0.717, 1.165) is 37.8 Å². The van der Waals surface area contributed by atoms with Gasteiger partial charge in [0.25, 0.3) is 0 Å². The molecule has 5 nitrogen and oxygen atoms in total. The second-order valence-corrected chi connectivity index (χ2v) is 7.62. The van der Waals surface area contributed by atoms with Gasteiger partial charge in [0.1, 0.15) is 11.9 Å². The minimum Gasteiger partial charge on any atom is -0.355 e. The van der Waals surface area contributed by atoms with Crippen LogP contribution in [0.4, 0.5) is 4.39 Å². The summed E-state index contributed by atoms with van der Waals surface area (Å²) in [6.07, 6.45) is 3.88. The highest BCUT2D eigenvalue weighted by Crippen LogP contribution is 2.25. The molecule has 1 amide bonds. The molecule has 0 aromatic heterocycles. The first-order valence-corrected chi connectivity index (χ1v) is 9.46. The van der Waals surface area contributed by atoms with Gasteiger partial charge in [0, 0.05) is 13.1 Å². The fourth-order valence-corrected chi connectivity index (χ4v) is 4.36. The van der Waals surface area contributed by atoms with E-state index < -0.39 is 21.9 Å². The molecule has 1 fully saturated rings. The van der Waals surface area contributed by atoms with Crippen molar-refractivity contribution in [2.24, 2.45) is 0 Å². The minimum absolute atomic E-state index is 0.0205. The molecule has 1 aliphatic heterocycles. The maximum Gasteiger partial charge on any atom is 0.243 e. The van der Waals surface area contributed by atoms with E-state index in [1.54, 1.807) is 0 Å². The van der Waals surface area contributed by atoms with Crippen LogP contribution in [0.1, 0.15) is 39.0 Å². The van der Waals surface area contributed by atoms with E-state index in [1.807, 2.05) is 6.92 Å². The van der Waals surface area contributed by atoms with Gasteiger partial charge in [-0.1, -0.05) is 19.8 Å². The molecule has 7 heteroatoms. The van der Waals surface area contributed by atoms with E-state index in [-0.39, 0.29) is 10.8 Å². The monoisotopic (exact) mass is 342 g/mol. The average Bonchev–Trinajstić information content (AvgIpc) is 2.55. The Morgan fingerprint density at radius 3 is 2.65 bits per heavy atom. The molecule has 0 unspecified atom stereocenters. The number of hydrogen-bond donors (Lipinski definition) is 1. The maximum atomic E-state index is 13.0. The molecule has 1 N–H and O–H groups in total. The maximum absolute atomic E-state index is 13.0. The van der Waals surface area contributed by atoms with Crippen LogP contribution in [0, 0.1) is 5.82 Å². The number of unbranched alkanes of at least 4 members (excludes halogenated alkanes) is 1. The van der Waals surface area contributed by atoms with Gasteiger partial charge in [-0.2, -0.15) is 4.31 Å². The van der Waals surface area contributed by atoms with Crippen molar-refractivity contribution in [3.8, 4) is 0 Å². The zero-order valence-corrected chi connectivity index (χ0v) is 14.1.